The van der Waals surface area contributed by atoms with Gasteiger partial charge in [0, 0.05) is 18.8 Å². The molecule has 0 aliphatic rings. The molecule has 0 saturated heterocycles. The quantitative estimate of drug-likeness (QED) is 0.850. The van der Waals surface area contributed by atoms with Crippen molar-refractivity contribution in [3.63, 3.8) is 0 Å². The van der Waals surface area contributed by atoms with Crippen molar-refractivity contribution in [2.45, 2.75) is 6.92 Å². The minimum Gasteiger partial charge on any atom is -0.317 e. The number of aryl methyl sites for hydroxylation is 1. The van der Waals surface area contributed by atoms with Gasteiger partial charge in [-0.3, -0.25) is 0 Å². The lowest BCUT2D eigenvalue weighted by molar-refractivity contribution is 0.222. The Hall–Kier alpha value is -2.14. The number of thiazole rings is 1. The number of fused-ring (bicyclic) bond motifs is 1. The Balaban J connectivity index is 2.15. The Morgan fingerprint density at radius 2 is 2.10 bits per heavy atom. The van der Waals surface area contributed by atoms with E-state index < -0.39 is 0 Å². The van der Waals surface area contributed by atoms with Crippen LogP contribution in [0.5, 0.6) is 0 Å². The van der Waals surface area contributed by atoms with E-state index in [-0.39, 0.29) is 6.03 Å². The molecule has 1 heterocycles. The molecule has 20 heavy (non-hydrogen) atoms. The van der Waals surface area contributed by atoms with Crippen molar-refractivity contribution in [1.82, 2.24) is 9.88 Å². The van der Waals surface area contributed by atoms with Crippen LogP contribution >= 0.6 is 11.3 Å². The number of benzene rings is 1. The molecule has 1 N–H and O–H groups in total. The van der Waals surface area contributed by atoms with Crippen LogP contribution < -0.4 is 5.32 Å². The fraction of sp³-hybridized carbons (Fsp3) is 0.200. The molecule has 4 nitrogen and oxygen atoms in total. The van der Waals surface area contributed by atoms with Crippen LogP contribution in [-0.2, 0) is 0 Å². The number of nitrogens with one attached hydrogen (secondary N) is 1. The van der Waals surface area contributed by atoms with Gasteiger partial charge in [-0.25, -0.2) is 9.78 Å². The average molecular weight is 287 g/mol. The lowest BCUT2D eigenvalue weighted by atomic mass is 10.3. The van der Waals surface area contributed by atoms with E-state index in [1.807, 2.05) is 25.1 Å². The van der Waals surface area contributed by atoms with Gasteiger partial charge in [0.2, 0.25) is 0 Å². The van der Waals surface area contributed by atoms with Crippen LogP contribution in [0.2, 0.25) is 0 Å². The lowest BCUT2D eigenvalue weighted by Gasteiger charge is -2.19. The summed E-state index contributed by atoms with van der Waals surface area (Å²) in [6.07, 6.45) is 3.38. The third kappa shape index (κ3) is 3.24. The first-order valence-corrected chi connectivity index (χ1v) is 7.10. The van der Waals surface area contributed by atoms with Crippen LogP contribution in [0.15, 0.2) is 43.5 Å². The number of hydrogen-bond donors (Lipinski definition) is 1. The van der Waals surface area contributed by atoms with Gasteiger partial charge in [0.1, 0.15) is 0 Å². The van der Waals surface area contributed by atoms with Crippen LogP contribution in [0.1, 0.15) is 5.01 Å². The van der Waals surface area contributed by atoms with Crippen LogP contribution in [0.25, 0.3) is 10.2 Å². The molecular weight excluding hydrogens is 270 g/mol. The summed E-state index contributed by atoms with van der Waals surface area (Å²) in [4.78, 5) is 18.2. The Kier molecular flexibility index (Phi) is 4.53. The molecule has 0 aliphatic heterocycles. The van der Waals surface area contributed by atoms with Crippen molar-refractivity contribution in [2.24, 2.45) is 0 Å². The van der Waals surface area contributed by atoms with Crippen LogP contribution in [0.4, 0.5) is 10.5 Å². The number of rotatable bonds is 5. The van der Waals surface area contributed by atoms with E-state index >= 15 is 0 Å². The van der Waals surface area contributed by atoms with Gasteiger partial charge in [0.15, 0.2) is 0 Å². The van der Waals surface area contributed by atoms with Gasteiger partial charge < -0.3 is 10.2 Å². The highest BCUT2D eigenvalue weighted by Crippen LogP contribution is 2.24. The highest BCUT2D eigenvalue weighted by atomic mass is 32.1. The SMILES string of the molecule is C=CCN(CC=C)C(=O)Nc1ccc2sc(C)nc2c1. The van der Waals surface area contributed by atoms with Crippen molar-refractivity contribution in [2.75, 3.05) is 18.4 Å². The third-order valence-corrected chi connectivity index (χ3v) is 3.68. The zero-order chi connectivity index (χ0) is 14.5. The molecular formula is C15H17N3OS. The molecule has 2 aromatic rings. The minimum atomic E-state index is -0.170. The normalized spacial score (nSPS) is 10.2. The molecule has 1 aromatic carbocycles. The number of carbonyl (C=O) groups excluding carboxylic acids is 1. The van der Waals surface area contributed by atoms with E-state index in [0.717, 1.165) is 20.9 Å². The molecule has 0 bridgehead atoms. The predicted octanol–water partition coefficient (Wildman–Crippen LogP) is 3.81. The van der Waals surface area contributed by atoms with Crippen LogP contribution in [0, 0.1) is 6.92 Å². The van der Waals surface area contributed by atoms with Crippen molar-refractivity contribution in [1.29, 1.82) is 0 Å². The van der Waals surface area contributed by atoms with Crippen molar-refractivity contribution < 1.29 is 4.79 Å². The molecule has 104 valence electrons. The lowest BCUT2D eigenvalue weighted by Crippen LogP contribution is -2.35. The molecule has 1 aromatic heterocycles. The topological polar surface area (TPSA) is 45.2 Å². The molecule has 5 heteroatoms. The van der Waals surface area contributed by atoms with E-state index in [1.54, 1.807) is 28.4 Å². The molecule has 0 saturated carbocycles. The number of aromatic nitrogens is 1. The van der Waals surface area contributed by atoms with E-state index in [9.17, 15) is 4.79 Å². The van der Waals surface area contributed by atoms with Crippen molar-refractivity contribution in [3.05, 3.63) is 48.5 Å². The maximum Gasteiger partial charge on any atom is 0.322 e. The summed E-state index contributed by atoms with van der Waals surface area (Å²) in [5.74, 6) is 0. The predicted molar refractivity (Wildman–Crippen MR) is 85.3 cm³/mol. The van der Waals surface area contributed by atoms with Gasteiger partial charge >= 0.3 is 6.03 Å². The highest BCUT2D eigenvalue weighted by molar-refractivity contribution is 7.18. The smallest absolute Gasteiger partial charge is 0.317 e. The largest absolute Gasteiger partial charge is 0.322 e. The van der Waals surface area contributed by atoms with Gasteiger partial charge in [-0.1, -0.05) is 12.2 Å². The number of amides is 2. The van der Waals surface area contributed by atoms with Crippen LogP contribution in [0.3, 0.4) is 0 Å². The van der Waals surface area contributed by atoms with Gasteiger partial charge in [-0.05, 0) is 25.1 Å². The molecule has 0 fully saturated rings. The standard InChI is InChI=1S/C15H17N3OS/c1-4-8-18(9-5-2)15(19)17-12-6-7-14-13(10-12)16-11(3)20-14/h4-7,10H,1-2,8-9H2,3H3,(H,17,19). The Morgan fingerprint density at radius 3 is 2.75 bits per heavy atom. The first kappa shape index (κ1) is 14.3. The van der Waals surface area contributed by atoms with E-state index in [1.165, 1.54) is 0 Å². The van der Waals surface area contributed by atoms with Crippen molar-refractivity contribution in [3.8, 4) is 0 Å². The van der Waals surface area contributed by atoms with Gasteiger partial charge in [0.05, 0.1) is 15.2 Å². The number of nitrogens with zero attached hydrogens (tertiary/aromatic N) is 2. The number of anilines is 1. The fourth-order valence-corrected chi connectivity index (χ4v) is 2.68. The summed E-state index contributed by atoms with van der Waals surface area (Å²) in [5.41, 5.74) is 1.65. The summed E-state index contributed by atoms with van der Waals surface area (Å²) in [6.45, 7) is 10.2. The van der Waals surface area contributed by atoms with E-state index in [2.05, 4.69) is 23.5 Å². The molecule has 0 radical (unpaired) electrons. The first-order chi connectivity index (χ1) is 9.63. The molecule has 0 unspecified atom stereocenters. The second-order valence-corrected chi connectivity index (χ2v) is 5.56. The molecule has 0 atom stereocenters. The Bertz CT molecular complexity index is 638. The maximum atomic E-state index is 12.1. The zero-order valence-electron chi connectivity index (χ0n) is 11.4. The van der Waals surface area contributed by atoms with Crippen LogP contribution in [-0.4, -0.2) is 29.0 Å². The summed E-state index contributed by atoms with van der Waals surface area (Å²) in [6, 6.07) is 5.58. The Morgan fingerprint density at radius 1 is 1.40 bits per heavy atom. The molecule has 0 aliphatic carbocycles. The zero-order valence-corrected chi connectivity index (χ0v) is 12.2. The summed E-state index contributed by atoms with van der Waals surface area (Å²) in [7, 11) is 0. The maximum absolute atomic E-state index is 12.1. The van der Waals surface area contributed by atoms with Crippen molar-refractivity contribution >= 4 is 33.3 Å². The second-order valence-electron chi connectivity index (χ2n) is 4.33. The number of urea groups is 1. The summed E-state index contributed by atoms with van der Waals surface area (Å²) in [5, 5.41) is 3.89. The molecule has 0 spiro atoms. The molecule has 2 rings (SSSR count). The summed E-state index contributed by atoms with van der Waals surface area (Å²) >= 11 is 1.64. The van der Waals surface area contributed by atoms with Gasteiger partial charge in [-0.2, -0.15) is 0 Å². The fourth-order valence-electron chi connectivity index (χ4n) is 1.87. The third-order valence-electron chi connectivity index (χ3n) is 2.73. The van der Waals surface area contributed by atoms with E-state index in [0.29, 0.717) is 13.1 Å². The minimum absolute atomic E-state index is 0.170. The molecule has 2 amide bonds. The average Bonchev–Trinajstić information content (AvgIpc) is 2.77. The monoisotopic (exact) mass is 287 g/mol. The van der Waals surface area contributed by atoms with Gasteiger partial charge in [0.25, 0.3) is 0 Å². The number of hydrogen-bond acceptors (Lipinski definition) is 3. The first-order valence-electron chi connectivity index (χ1n) is 6.29. The van der Waals surface area contributed by atoms with Gasteiger partial charge in [-0.15, -0.1) is 24.5 Å². The second kappa shape index (κ2) is 6.34. The Labute approximate surface area is 122 Å². The summed E-state index contributed by atoms with van der Waals surface area (Å²) < 4.78 is 1.12. The van der Waals surface area contributed by atoms with E-state index in [4.69, 9.17) is 0 Å². The highest BCUT2D eigenvalue weighted by Gasteiger charge is 2.11. The number of carbonyl (C=O) groups is 1.